The Kier molecular flexibility index (Phi) is 5.47. The molecule has 2 aromatic carbocycles. The van der Waals surface area contributed by atoms with Crippen LogP contribution in [0.3, 0.4) is 0 Å². The minimum atomic E-state index is -0.269. The van der Waals surface area contributed by atoms with E-state index < -0.39 is 0 Å². The highest BCUT2D eigenvalue weighted by atomic mass is 19.1. The Hall–Kier alpha value is -2.40. The third kappa shape index (κ3) is 3.83. The summed E-state index contributed by atoms with van der Waals surface area (Å²) in [5.41, 5.74) is 3.26. The summed E-state index contributed by atoms with van der Waals surface area (Å²) < 4.78 is 19.3. The number of fused-ring (bicyclic) bond motifs is 4. The first-order valence-corrected chi connectivity index (χ1v) is 11.2. The molecule has 0 spiro atoms. The highest BCUT2D eigenvalue weighted by Crippen LogP contribution is 2.36. The standard InChI is InChI=1S/C25H29FN2O2/c26-22-7-5-20(6-8-22)24-23-4-2-1-3-19(23)11-15-28(24)25(29)30-16-12-21-17-27-13-9-18(21)10-14-27/h1-8,18,21,24H,9-17H2/t21-,24-/m0/s1. The average Bonchev–Trinajstić information content (AvgIpc) is 2.80. The number of halogens is 1. The van der Waals surface area contributed by atoms with Crippen molar-refractivity contribution in [3.8, 4) is 0 Å². The summed E-state index contributed by atoms with van der Waals surface area (Å²) in [6.45, 7) is 4.69. The molecule has 0 aliphatic carbocycles. The van der Waals surface area contributed by atoms with E-state index in [4.69, 9.17) is 4.74 Å². The molecule has 3 fully saturated rings. The first-order chi connectivity index (χ1) is 14.7. The predicted octanol–water partition coefficient (Wildman–Crippen LogP) is 4.64. The topological polar surface area (TPSA) is 32.8 Å². The van der Waals surface area contributed by atoms with Gasteiger partial charge in [-0.25, -0.2) is 9.18 Å². The summed E-state index contributed by atoms with van der Waals surface area (Å²) in [7, 11) is 0. The van der Waals surface area contributed by atoms with Crippen molar-refractivity contribution in [3.63, 3.8) is 0 Å². The highest BCUT2D eigenvalue weighted by molar-refractivity contribution is 5.70. The third-order valence-corrected chi connectivity index (χ3v) is 7.21. The van der Waals surface area contributed by atoms with Crippen molar-refractivity contribution in [2.45, 2.75) is 31.7 Å². The lowest BCUT2D eigenvalue weighted by molar-refractivity contribution is 0.0285. The van der Waals surface area contributed by atoms with Gasteiger partial charge in [-0.2, -0.15) is 0 Å². The molecule has 0 N–H and O–H groups in total. The molecule has 0 radical (unpaired) electrons. The van der Waals surface area contributed by atoms with Crippen LogP contribution in [-0.4, -0.2) is 48.7 Å². The van der Waals surface area contributed by atoms with Gasteiger partial charge in [0.25, 0.3) is 0 Å². The van der Waals surface area contributed by atoms with Gasteiger partial charge in [0.15, 0.2) is 0 Å². The van der Waals surface area contributed by atoms with Crippen molar-refractivity contribution in [2.75, 3.05) is 32.8 Å². The van der Waals surface area contributed by atoms with Gasteiger partial charge in [-0.05, 0) is 79.4 Å². The number of rotatable bonds is 4. The van der Waals surface area contributed by atoms with Crippen LogP contribution in [-0.2, 0) is 11.2 Å². The number of hydrogen-bond acceptors (Lipinski definition) is 3. The van der Waals surface area contributed by atoms with Crippen LogP contribution in [0.15, 0.2) is 48.5 Å². The maximum absolute atomic E-state index is 13.5. The van der Waals surface area contributed by atoms with E-state index in [-0.39, 0.29) is 18.0 Å². The van der Waals surface area contributed by atoms with Gasteiger partial charge in [-0.15, -0.1) is 0 Å². The minimum absolute atomic E-state index is 0.236. The first-order valence-electron chi connectivity index (χ1n) is 11.2. The number of nitrogens with zero attached hydrogens (tertiary/aromatic N) is 2. The fourth-order valence-corrected chi connectivity index (χ4v) is 5.56. The molecule has 2 bridgehead atoms. The molecule has 2 atom stereocenters. The van der Waals surface area contributed by atoms with Crippen molar-refractivity contribution in [2.24, 2.45) is 11.8 Å². The van der Waals surface area contributed by atoms with Gasteiger partial charge in [0.05, 0.1) is 12.6 Å². The number of piperidine rings is 3. The van der Waals surface area contributed by atoms with Crippen LogP contribution in [0.25, 0.3) is 0 Å². The molecule has 4 aliphatic rings. The second-order valence-corrected chi connectivity index (χ2v) is 8.90. The molecule has 158 valence electrons. The average molecular weight is 409 g/mol. The van der Waals surface area contributed by atoms with Gasteiger partial charge >= 0.3 is 6.09 Å². The lowest BCUT2D eigenvalue weighted by atomic mass is 9.78. The number of ether oxygens (including phenoxy) is 1. The Morgan fingerprint density at radius 3 is 2.53 bits per heavy atom. The SMILES string of the molecule is O=C(OCC[C@H]1CN2CCC1CC2)N1CCc2ccccc2[C@@H]1c1ccc(F)cc1. The van der Waals surface area contributed by atoms with Crippen LogP contribution in [0.2, 0.25) is 0 Å². The zero-order chi connectivity index (χ0) is 20.5. The summed E-state index contributed by atoms with van der Waals surface area (Å²) in [4.78, 5) is 17.4. The van der Waals surface area contributed by atoms with E-state index >= 15 is 0 Å². The largest absolute Gasteiger partial charge is 0.449 e. The van der Waals surface area contributed by atoms with Gasteiger partial charge < -0.3 is 9.64 Å². The van der Waals surface area contributed by atoms with E-state index in [1.807, 2.05) is 17.0 Å². The van der Waals surface area contributed by atoms with Crippen molar-refractivity contribution in [1.82, 2.24) is 9.80 Å². The van der Waals surface area contributed by atoms with Crippen molar-refractivity contribution < 1.29 is 13.9 Å². The van der Waals surface area contributed by atoms with E-state index in [1.54, 1.807) is 12.1 Å². The molecular formula is C25H29FN2O2. The highest BCUT2D eigenvalue weighted by Gasteiger charge is 2.35. The van der Waals surface area contributed by atoms with Crippen LogP contribution in [0.1, 0.15) is 42.0 Å². The zero-order valence-electron chi connectivity index (χ0n) is 17.3. The first kappa shape index (κ1) is 19.6. The lowest BCUT2D eigenvalue weighted by Crippen LogP contribution is -2.47. The molecule has 2 aromatic rings. The molecule has 3 saturated heterocycles. The van der Waals surface area contributed by atoms with Crippen molar-refractivity contribution in [1.29, 1.82) is 0 Å². The maximum Gasteiger partial charge on any atom is 0.410 e. The molecule has 4 aliphatic heterocycles. The van der Waals surface area contributed by atoms with E-state index in [0.29, 0.717) is 19.1 Å². The second kappa shape index (κ2) is 8.38. The summed E-state index contributed by atoms with van der Waals surface area (Å²) in [6.07, 6.45) is 4.06. The van der Waals surface area contributed by atoms with Gasteiger partial charge in [-0.3, -0.25) is 4.90 Å². The summed E-state index contributed by atoms with van der Waals surface area (Å²) in [5.74, 6) is 1.17. The molecule has 4 nitrogen and oxygen atoms in total. The molecular weight excluding hydrogens is 379 g/mol. The predicted molar refractivity (Wildman–Crippen MR) is 114 cm³/mol. The Bertz CT molecular complexity index is 892. The zero-order valence-corrected chi connectivity index (χ0v) is 17.3. The fraction of sp³-hybridized carbons (Fsp3) is 0.480. The van der Waals surface area contributed by atoms with Crippen LogP contribution in [0.4, 0.5) is 9.18 Å². The molecule has 0 saturated carbocycles. The molecule has 4 heterocycles. The van der Waals surface area contributed by atoms with Gasteiger partial charge in [-0.1, -0.05) is 36.4 Å². The third-order valence-electron chi connectivity index (χ3n) is 7.21. The lowest BCUT2D eigenvalue weighted by Gasteiger charge is -2.45. The van der Waals surface area contributed by atoms with E-state index in [9.17, 15) is 9.18 Å². The number of hydrogen-bond donors (Lipinski definition) is 0. The van der Waals surface area contributed by atoms with Gasteiger partial charge in [0.2, 0.25) is 0 Å². The molecule has 1 amide bonds. The number of benzene rings is 2. The maximum atomic E-state index is 13.5. The molecule has 6 rings (SSSR count). The second-order valence-electron chi connectivity index (χ2n) is 8.90. The van der Waals surface area contributed by atoms with Gasteiger partial charge in [0, 0.05) is 13.1 Å². The number of carbonyl (C=O) groups excluding carboxylic acids is 1. The van der Waals surface area contributed by atoms with Crippen molar-refractivity contribution >= 4 is 6.09 Å². The molecule has 30 heavy (non-hydrogen) atoms. The molecule has 5 heteroatoms. The van der Waals surface area contributed by atoms with Crippen LogP contribution < -0.4 is 0 Å². The van der Waals surface area contributed by atoms with Crippen LogP contribution in [0, 0.1) is 17.7 Å². The monoisotopic (exact) mass is 408 g/mol. The number of carbonyl (C=O) groups is 1. The summed E-state index contributed by atoms with van der Waals surface area (Å²) >= 11 is 0. The Balaban J connectivity index is 1.29. The summed E-state index contributed by atoms with van der Waals surface area (Å²) in [6, 6.07) is 14.4. The van der Waals surface area contributed by atoms with E-state index in [1.165, 1.54) is 43.6 Å². The summed E-state index contributed by atoms with van der Waals surface area (Å²) in [5, 5.41) is 0. The Morgan fingerprint density at radius 1 is 1.03 bits per heavy atom. The number of amides is 1. The molecule has 0 aromatic heterocycles. The van der Waals surface area contributed by atoms with Crippen LogP contribution in [0.5, 0.6) is 0 Å². The smallest absolute Gasteiger partial charge is 0.410 e. The molecule has 0 unspecified atom stereocenters. The van der Waals surface area contributed by atoms with E-state index in [2.05, 4.69) is 17.0 Å². The van der Waals surface area contributed by atoms with Gasteiger partial charge in [0.1, 0.15) is 5.82 Å². The fourth-order valence-electron chi connectivity index (χ4n) is 5.56. The normalized spacial score (nSPS) is 27.6. The minimum Gasteiger partial charge on any atom is -0.449 e. The van der Waals surface area contributed by atoms with Crippen molar-refractivity contribution in [3.05, 3.63) is 71.0 Å². The quantitative estimate of drug-likeness (QED) is 0.739. The Labute approximate surface area is 177 Å². The van der Waals surface area contributed by atoms with E-state index in [0.717, 1.165) is 36.4 Å². The Morgan fingerprint density at radius 2 is 1.80 bits per heavy atom. The van der Waals surface area contributed by atoms with Crippen LogP contribution >= 0.6 is 0 Å².